The first-order chi connectivity index (χ1) is 5.29. The third kappa shape index (κ3) is 1.40. The van der Waals surface area contributed by atoms with Gasteiger partial charge in [0.05, 0.1) is 11.9 Å². The maximum atomic E-state index is 12.8. The maximum absolute atomic E-state index is 12.8. The van der Waals surface area contributed by atoms with Crippen molar-refractivity contribution in [2.45, 2.75) is 19.9 Å². The highest BCUT2D eigenvalue weighted by molar-refractivity contribution is 5.05. The van der Waals surface area contributed by atoms with Crippen molar-refractivity contribution in [1.82, 2.24) is 9.78 Å². The number of aromatic nitrogens is 2. The van der Waals surface area contributed by atoms with Gasteiger partial charge in [0.15, 0.2) is 5.82 Å². The van der Waals surface area contributed by atoms with E-state index in [1.165, 1.54) is 10.9 Å². The first-order valence-electron chi connectivity index (χ1n) is 3.43. The molecule has 1 rings (SSSR count). The van der Waals surface area contributed by atoms with Crippen LogP contribution >= 0.6 is 0 Å². The first kappa shape index (κ1) is 7.80. The Labute approximate surface area is 65.0 Å². The lowest BCUT2D eigenvalue weighted by Crippen LogP contribution is -2.03. The molecule has 0 saturated carbocycles. The summed E-state index contributed by atoms with van der Waals surface area (Å²) in [7, 11) is 0. The van der Waals surface area contributed by atoms with Crippen molar-refractivity contribution in [2.75, 3.05) is 0 Å². The molecule has 2 nitrogen and oxygen atoms in total. The average molecular weight is 152 g/mol. The summed E-state index contributed by atoms with van der Waals surface area (Å²) in [6, 6.07) is 0. The zero-order valence-corrected chi connectivity index (χ0v) is 6.34. The zero-order chi connectivity index (χ0) is 8.27. The summed E-state index contributed by atoms with van der Waals surface area (Å²) in [5, 5.41) is 3.78. The molecule has 0 fully saturated rings. The van der Waals surface area contributed by atoms with Crippen molar-refractivity contribution < 1.29 is 4.39 Å². The maximum Gasteiger partial charge on any atom is 0.164 e. The second-order valence-electron chi connectivity index (χ2n) is 2.15. The topological polar surface area (TPSA) is 17.8 Å². The van der Waals surface area contributed by atoms with Crippen LogP contribution in [0.4, 0.5) is 4.39 Å². The van der Waals surface area contributed by atoms with Gasteiger partial charge in [0.25, 0.3) is 0 Å². The smallest absolute Gasteiger partial charge is 0.164 e. The Bertz CT molecular complexity index is 283. The lowest BCUT2D eigenvalue weighted by atomic mass is 10.3. The van der Waals surface area contributed by atoms with Crippen LogP contribution in [0.1, 0.15) is 12.6 Å². The predicted octanol–water partition coefficient (Wildman–Crippen LogP) is 1.22. The first-order valence-corrected chi connectivity index (χ1v) is 3.43. The van der Waals surface area contributed by atoms with E-state index in [4.69, 9.17) is 6.42 Å². The van der Waals surface area contributed by atoms with Gasteiger partial charge in [-0.05, 0) is 6.42 Å². The van der Waals surface area contributed by atoms with Gasteiger partial charge in [-0.2, -0.15) is 5.10 Å². The molecule has 0 unspecified atom stereocenters. The van der Waals surface area contributed by atoms with Crippen LogP contribution in [0.5, 0.6) is 0 Å². The van der Waals surface area contributed by atoms with Gasteiger partial charge in [0.2, 0.25) is 0 Å². The van der Waals surface area contributed by atoms with E-state index in [2.05, 4.69) is 11.0 Å². The summed E-state index contributed by atoms with van der Waals surface area (Å²) < 4.78 is 14.3. The van der Waals surface area contributed by atoms with Gasteiger partial charge in [-0.1, -0.05) is 12.8 Å². The number of rotatable bonds is 2. The molecule has 1 heterocycles. The number of nitrogens with zero attached hydrogens (tertiary/aromatic N) is 2. The Morgan fingerprint density at radius 1 is 1.82 bits per heavy atom. The molecule has 0 saturated heterocycles. The van der Waals surface area contributed by atoms with Crippen molar-refractivity contribution in [2.24, 2.45) is 0 Å². The van der Waals surface area contributed by atoms with Crippen LogP contribution in [-0.4, -0.2) is 9.78 Å². The van der Waals surface area contributed by atoms with E-state index in [-0.39, 0.29) is 5.82 Å². The predicted molar refractivity (Wildman–Crippen MR) is 40.4 cm³/mol. The van der Waals surface area contributed by atoms with E-state index >= 15 is 0 Å². The van der Waals surface area contributed by atoms with Crippen LogP contribution in [0.3, 0.4) is 0 Å². The Morgan fingerprint density at radius 3 is 3.09 bits per heavy atom. The molecule has 1 aromatic heterocycles. The highest BCUT2D eigenvalue weighted by Crippen LogP contribution is 2.05. The lowest BCUT2D eigenvalue weighted by molar-refractivity contribution is 0.593. The summed E-state index contributed by atoms with van der Waals surface area (Å²) in [6.45, 7) is 2.21. The van der Waals surface area contributed by atoms with E-state index < -0.39 is 0 Å². The van der Waals surface area contributed by atoms with E-state index in [9.17, 15) is 4.39 Å². The molecular weight excluding hydrogens is 143 g/mol. The molecule has 0 amide bonds. The summed E-state index contributed by atoms with van der Waals surface area (Å²) in [4.78, 5) is 0. The third-order valence-electron chi connectivity index (χ3n) is 1.47. The molecule has 0 aliphatic heterocycles. The molecule has 0 aliphatic rings. The highest BCUT2D eigenvalue weighted by atomic mass is 19.1. The van der Waals surface area contributed by atoms with Crippen molar-refractivity contribution in [1.29, 1.82) is 0 Å². The molecule has 0 radical (unpaired) electrons. The van der Waals surface area contributed by atoms with Crippen molar-refractivity contribution in [3.05, 3.63) is 17.7 Å². The fourth-order valence-electron chi connectivity index (χ4n) is 0.962. The highest BCUT2D eigenvalue weighted by Gasteiger charge is 2.05. The minimum absolute atomic E-state index is 0.275. The van der Waals surface area contributed by atoms with Crippen LogP contribution in [0.15, 0.2) is 6.20 Å². The molecular formula is C8H9FN2. The van der Waals surface area contributed by atoms with Gasteiger partial charge >= 0.3 is 0 Å². The monoisotopic (exact) mass is 152 g/mol. The Morgan fingerprint density at radius 2 is 2.55 bits per heavy atom. The Kier molecular flexibility index (Phi) is 2.27. The van der Waals surface area contributed by atoms with E-state index in [0.717, 1.165) is 0 Å². The van der Waals surface area contributed by atoms with Gasteiger partial charge < -0.3 is 0 Å². The van der Waals surface area contributed by atoms with Gasteiger partial charge in [-0.25, -0.2) is 4.39 Å². The summed E-state index contributed by atoms with van der Waals surface area (Å²) in [5.74, 6) is 2.13. The molecule has 11 heavy (non-hydrogen) atoms. The SMILES string of the molecule is C#CCn1ncc(F)c1CC. The molecule has 0 aliphatic carbocycles. The Hall–Kier alpha value is -1.30. The average Bonchev–Trinajstić information content (AvgIpc) is 2.33. The van der Waals surface area contributed by atoms with Crippen LogP contribution in [0.2, 0.25) is 0 Å². The van der Waals surface area contributed by atoms with Crippen molar-refractivity contribution in [3.63, 3.8) is 0 Å². The zero-order valence-electron chi connectivity index (χ0n) is 6.34. The summed E-state index contributed by atoms with van der Waals surface area (Å²) in [5.41, 5.74) is 0.572. The molecule has 0 atom stereocenters. The van der Waals surface area contributed by atoms with Gasteiger partial charge in [-0.15, -0.1) is 6.42 Å². The molecule has 3 heteroatoms. The third-order valence-corrected chi connectivity index (χ3v) is 1.47. The van der Waals surface area contributed by atoms with Crippen LogP contribution in [0.25, 0.3) is 0 Å². The number of halogens is 1. The molecule has 0 spiro atoms. The van der Waals surface area contributed by atoms with Crippen LogP contribution < -0.4 is 0 Å². The molecule has 0 aromatic carbocycles. The second-order valence-corrected chi connectivity index (χ2v) is 2.15. The molecule has 1 aromatic rings. The summed E-state index contributed by atoms with van der Waals surface area (Å²) in [6.07, 6.45) is 6.87. The van der Waals surface area contributed by atoms with Crippen LogP contribution in [0, 0.1) is 18.2 Å². The van der Waals surface area contributed by atoms with Gasteiger partial charge in [-0.3, -0.25) is 4.68 Å². The fourth-order valence-corrected chi connectivity index (χ4v) is 0.962. The number of hydrogen-bond acceptors (Lipinski definition) is 1. The largest absolute Gasteiger partial charge is 0.255 e. The van der Waals surface area contributed by atoms with E-state index in [0.29, 0.717) is 18.7 Å². The normalized spacial score (nSPS) is 9.55. The van der Waals surface area contributed by atoms with Gasteiger partial charge in [0.1, 0.15) is 6.54 Å². The van der Waals surface area contributed by atoms with Gasteiger partial charge in [0, 0.05) is 0 Å². The fraction of sp³-hybridized carbons (Fsp3) is 0.375. The van der Waals surface area contributed by atoms with E-state index in [1.807, 2.05) is 6.92 Å². The number of hydrogen-bond donors (Lipinski definition) is 0. The van der Waals surface area contributed by atoms with Crippen LogP contribution in [-0.2, 0) is 13.0 Å². The lowest BCUT2D eigenvalue weighted by Gasteiger charge is -1.98. The minimum Gasteiger partial charge on any atom is -0.255 e. The van der Waals surface area contributed by atoms with Crippen molar-refractivity contribution >= 4 is 0 Å². The standard InChI is InChI=1S/C8H9FN2/c1-3-5-11-8(4-2)7(9)6-10-11/h1,6H,4-5H2,2H3. The quantitative estimate of drug-likeness (QED) is 0.582. The second kappa shape index (κ2) is 3.20. The van der Waals surface area contributed by atoms with E-state index in [1.54, 1.807) is 0 Å². The molecule has 0 bridgehead atoms. The Balaban J connectivity index is 2.97. The summed E-state index contributed by atoms with van der Waals surface area (Å²) >= 11 is 0. The minimum atomic E-state index is -0.275. The molecule has 0 N–H and O–H groups in total. The van der Waals surface area contributed by atoms with Crippen molar-refractivity contribution in [3.8, 4) is 12.3 Å². The number of terminal acetylenes is 1. The molecule has 58 valence electrons.